The van der Waals surface area contributed by atoms with E-state index >= 15 is 0 Å². The molecule has 0 unspecified atom stereocenters. The number of rotatable bonds is 4. The van der Waals surface area contributed by atoms with Gasteiger partial charge in [0.05, 0.1) is 18.2 Å². The second kappa shape index (κ2) is 6.22. The van der Waals surface area contributed by atoms with Crippen molar-refractivity contribution < 1.29 is 13.6 Å². The molecule has 0 aliphatic carbocycles. The lowest BCUT2D eigenvalue weighted by molar-refractivity contribution is 0.0950. The maximum absolute atomic E-state index is 13.1. The Balaban J connectivity index is 1.63. The molecule has 0 spiro atoms. The average Bonchev–Trinajstić information content (AvgIpc) is 3.07. The minimum atomic E-state index is -0.432. The lowest BCUT2D eigenvalue weighted by atomic mass is 10.2. The highest BCUT2D eigenvalue weighted by Gasteiger charge is 2.06. The number of carbonyl (C=O) groups is 1. The number of amides is 1. The number of hydrogen-bond acceptors (Lipinski definition) is 3. The van der Waals surface area contributed by atoms with Gasteiger partial charge in [-0.25, -0.2) is 4.39 Å². The number of aromatic nitrogens is 1. The van der Waals surface area contributed by atoms with E-state index in [1.165, 1.54) is 18.2 Å². The molecular formula is C17H13FN2O2. The van der Waals surface area contributed by atoms with Crippen LogP contribution in [0.5, 0.6) is 0 Å². The summed E-state index contributed by atoms with van der Waals surface area (Å²) in [5, 5.41) is 2.73. The number of hydrogen-bond donors (Lipinski definition) is 1. The summed E-state index contributed by atoms with van der Waals surface area (Å²) in [7, 11) is 0. The first-order valence-electron chi connectivity index (χ1n) is 6.73. The van der Waals surface area contributed by atoms with E-state index in [9.17, 15) is 9.18 Å². The first-order valence-corrected chi connectivity index (χ1v) is 6.73. The molecule has 1 aromatic carbocycles. The molecule has 110 valence electrons. The van der Waals surface area contributed by atoms with Gasteiger partial charge in [-0.3, -0.25) is 9.78 Å². The molecule has 22 heavy (non-hydrogen) atoms. The van der Waals surface area contributed by atoms with Crippen LogP contribution in [0, 0.1) is 5.82 Å². The molecule has 0 atom stereocenters. The fourth-order valence-electron chi connectivity index (χ4n) is 2.02. The molecule has 0 aliphatic heterocycles. The van der Waals surface area contributed by atoms with Gasteiger partial charge in [-0.1, -0.05) is 12.1 Å². The Bertz CT molecular complexity index is 768. The minimum Gasteiger partial charge on any atom is -0.472 e. The van der Waals surface area contributed by atoms with Crippen molar-refractivity contribution >= 4 is 5.91 Å². The van der Waals surface area contributed by atoms with Gasteiger partial charge < -0.3 is 9.73 Å². The third-order valence-electron chi connectivity index (χ3n) is 3.18. The van der Waals surface area contributed by atoms with E-state index in [1.807, 2.05) is 18.2 Å². The Morgan fingerprint density at radius 2 is 2.14 bits per heavy atom. The van der Waals surface area contributed by atoms with E-state index in [2.05, 4.69) is 10.3 Å². The fourth-order valence-corrected chi connectivity index (χ4v) is 2.02. The molecule has 4 nitrogen and oxygen atoms in total. The third kappa shape index (κ3) is 3.20. The fraction of sp³-hybridized carbons (Fsp3) is 0.0588. The number of halogens is 1. The molecule has 3 aromatic rings. The molecule has 0 saturated heterocycles. The molecule has 3 rings (SSSR count). The summed E-state index contributed by atoms with van der Waals surface area (Å²) in [6, 6.07) is 11.1. The number of furan rings is 1. The van der Waals surface area contributed by atoms with Crippen molar-refractivity contribution in [2.24, 2.45) is 0 Å². The van der Waals surface area contributed by atoms with E-state index in [1.54, 1.807) is 24.8 Å². The van der Waals surface area contributed by atoms with Crippen molar-refractivity contribution in [3.05, 3.63) is 78.1 Å². The summed E-state index contributed by atoms with van der Waals surface area (Å²) in [6.07, 6.45) is 4.89. The standard InChI is InChI=1S/C17H13FN2O2/c18-15-3-1-2-13(8-15)17(21)20-10-12-4-5-16(19-9-12)14-6-7-22-11-14/h1-9,11H,10H2,(H,20,21). The van der Waals surface area contributed by atoms with Gasteiger partial charge in [0.25, 0.3) is 5.91 Å². The van der Waals surface area contributed by atoms with Crippen LogP contribution in [-0.2, 0) is 6.54 Å². The molecule has 2 heterocycles. The second-order valence-electron chi connectivity index (χ2n) is 4.76. The van der Waals surface area contributed by atoms with E-state index in [4.69, 9.17) is 4.42 Å². The van der Waals surface area contributed by atoms with Crippen LogP contribution < -0.4 is 5.32 Å². The van der Waals surface area contributed by atoms with E-state index < -0.39 is 5.82 Å². The van der Waals surface area contributed by atoms with Crippen LogP contribution in [0.3, 0.4) is 0 Å². The normalized spacial score (nSPS) is 10.4. The van der Waals surface area contributed by atoms with Crippen molar-refractivity contribution in [2.75, 3.05) is 0 Å². The van der Waals surface area contributed by atoms with Crippen LogP contribution >= 0.6 is 0 Å². The topological polar surface area (TPSA) is 55.1 Å². The molecule has 0 fully saturated rings. The Hall–Kier alpha value is -2.95. The Kier molecular flexibility index (Phi) is 3.96. The number of benzene rings is 1. The highest BCUT2D eigenvalue weighted by Crippen LogP contribution is 2.17. The van der Waals surface area contributed by atoms with Crippen LogP contribution in [0.15, 0.2) is 65.6 Å². The zero-order chi connectivity index (χ0) is 15.4. The molecule has 0 aliphatic rings. The molecule has 5 heteroatoms. The van der Waals surface area contributed by atoms with Gasteiger partial charge in [-0.05, 0) is 35.9 Å². The smallest absolute Gasteiger partial charge is 0.251 e. The first kappa shape index (κ1) is 14.0. The van der Waals surface area contributed by atoms with Gasteiger partial charge in [0.1, 0.15) is 5.82 Å². The van der Waals surface area contributed by atoms with Crippen LogP contribution in [-0.4, -0.2) is 10.9 Å². The summed E-state index contributed by atoms with van der Waals surface area (Å²) in [5.41, 5.74) is 2.85. The van der Waals surface area contributed by atoms with E-state index in [0.29, 0.717) is 12.1 Å². The molecular weight excluding hydrogens is 283 g/mol. The Morgan fingerprint density at radius 3 is 2.82 bits per heavy atom. The highest BCUT2D eigenvalue weighted by molar-refractivity contribution is 5.94. The SMILES string of the molecule is O=C(NCc1ccc(-c2ccoc2)nc1)c1cccc(F)c1. The van der Waals surface area contributed by atoms with Crippen LogP contribution in [0.2, 0.25) is 0 Å². The lowest BCUT2D eigenvalue weighted by Gasteiger charge is -2.06. The maximum atomic E-state index is 13.1. The third-order valence-corrected chi connectivity index (χ3v) is 3.18. The van der Waals surface area contributed by atoms with Crippen molar-refractivity contribution in [2.45, 2.75) is 6.54 Å². The molecule has 2 aromatic heterocycles. The predicted octanol–water partition coefficient (Wildman–Crippen LogP) is 3.41. The quantitative estimate of drug-likeness (QED) is 0.802. The van der Waals surface area contributed by atoms with Crippen LogP contribution in [0.25, 0.3) is 11.3 Å². The summed E-state index contributed by atoms with van der Waals surface area (Å²) in [4.78, 5) is 16.2. The zero-order valence-electron chi connectivity index (χ0n) is 11.6. The minimum absolute atomic E-state index is 0.294. The van der Waals surface area contributed by atoms with E-state index in [-0.39, 0.29) is 5.91 Å². The largest absolute Gasteiger partial charge is 0.472 e. The highest BCUT2D eigenvalue weighted by atomic mass is 19.1. The summed E-state index contributed by atoms with van der Waals surface area (Å²) in [6.45, 7) is 0.327. The van der Waals surface area contributed by atoms with Crippen LogP contribution in [0.4, 0.5) is 4.39 Å². The Morgan fingerprint density at radius 1 is 1.23 bits per heavy atom. The molecule has 1 N–H and O–H groups in total. The van der Waals surface area contributed by atoms with Gasteiger partial charge in [-0.15, -0.1) is 0 Å². The van der Waals surface area contributed by atoms with Gasteiger partial charge >= 0.3 is 0 Å². The van der Waals surface area contributed by atoms with Crippen LogP contribution in [0.1, 0.15) is 15.9 Å². The van der Waals surface area contributed by atoms with Crippen molar-refractivity contribution in [1.82, 2.24) is 10.3 Å². The average molecular weight is 296 g/mol. The first-order chi connectivity index (χ1) is 10.7. The number of nitrogens with one attached hydrogen (secondary N) is 1. The van der Waals surface area contributed by atoms with Crippen molar-refractivity contribution in [3.8, 4) is 11.3 Å². The zero-order valence-corrected chi connectivity index (χ0v) is 11.6. The molecule has 0 bridgehead atoms. The van der Waals surface area contributed by atoms with Gasteiger partial charge in [0.2, 0.25) is 0 Å². The number of nitrogens with zero attached hydrogens (tertiary/aromatic N) is 1. The Labute approximate surface area is 126 Å². The summed E-state index contributed by atoms with van der Waals surface area (Å²) >= 11 is 0. The number of pyridine rings is 1. The monoisotopic (exact) mass is 296 g/mol. The van der Waals surface area contributed by atoms with E-state index in [0.717, 1.165) is 16.8 Å². The molecule has 1 amide bonds. The summed E-state index contributed by atoms with van der Waals surface area (Å²) < 4.78 is 18.1. The van der Waals surface area contributed by atoms with Crippen molar-refractivity contribution in [1.29, 1.82) is 0 Å². The molecule has 0 radical (unpaired) electrons. The van der Waals surface area contributed by atoms with Gasteiger partial charge in [0.15, 0.2) is 0 Å². The lowest BCUT2D eigenvalue weighted by Crippen LogP contribution is -2.22. The molecule has 0 saturated carbocycles. The summed E-state index contributed by atoms with van der Waals surface area (Å²) in [5.74, 6) is -0.753. The second-order valence-corrected chi connectivity index (χ2v) is 4.76. The predicted molar refractivity (Wildman–Crippen MR) is 79.5 cm³/mol. The van der Waals surface area contributed by atoms with Crippen molar-refractivity contribution in [3.63, 3.8) is 0 Å². The maximum Gasteiger partial charge on any atom is 0.251 e. The van der Waals surface area contributed by atoms with Gasteiger partial charge in [-0.2, -0.15) is 0 Å². The van der Waals surface area contributed by atoms with Gasteiger partial charge in [0, 0.05) is 23.9 Å². The number of carbonyl (C=O) groups excluding carboxylic acids is 1.